The van der Waals surface area contributed by atoms with Crippen LogP contribution in [0, 0.1) is 12.7 Å². The van der Waals surface area contributed by atoms with Crippen LogP contribution >= 0.6 is 11.6 Å². The van der Waals surface area contributed by atoms with E-state index in [-0.39, 0.29) is 10.9 Å². The first-order chi connectivity index (χ1) is 9.95. The number of hydrogen-bond acceptors (Lipinski definition) is 2. The summed E-state index contributed by atoms with van der Waals surface area (Å²) >= 11 is 5.88. The van der Waals surface area contributed by atoms with Crippen molar-refractivity contribution >= 4 is 28.9 Å². The molecule has 2 aromatic rings. The molecule has 0 fully saturated rings. The second-order valence-electron chi connectivity index (χ2n) is 4.85. The molecule has 110 valence electrons. The normalized spacial score (nSPS) is 11.8. The van der Waals surface area contributed by atoms with Gasteiger partial charge in [-0.05, 0) is 49.7 Å². The van der Waals surface area contributed by atoms with Crippen LogP contribution in [0.5, 0.6) is 0 Å². The molecule has 0 aromatic heterocycles. The Kier molecular flexibility index (Phi) is 4.81. The number of anilines is 2. The lowest BCUT2D eigenvalue weighted by Crippen LogP contribution is -2.31. The highest BCUT2D eigenvalue weighted by Crippen LogP contribution is 2.22. The van der Waals surface area contributed by atoms with E-state index in [2.05, 4.69) is 10.6 Å². The Morgan fingerprint density at radius 1 is 1.24 bits per heavy atom. The first-order valence-electron chi connectivity index (χ1n) is 6.55. The number of aryl methyl sites for hydroxylation is 1. The molecule has 0 aliphatic heterocycles. The van der Waals surface area contributed by atoms with Crippen LogP contribution in [0.15, 0.2) is 42.5 Å². The predicted octanol–water partition coefficient (Wildman–Crippen LogP) is 4.23. The van der Waals surface area contributed by atoms with Crippen molar-refractivity contribution in [2.24, 2.45) is 0 Å². The van der Waals surface area contributed by atoms with Gasteiger partial charge in [0.05, 0.1) is 10.7 Å². The summed E-state index contributed by atoms with van der Waals surface area (Å²) in [5, 5.41) is 5.95. The van der Waals surface area contributed by atoms with Crippen molar-refractivity contribution in [3.05, 3.63) is 58.9 Å². The molecule has 3 nitrogen and oxygen atoms in total. The van der Waals surface area contributed by atoms with E-state index in [4.69, 9.17) is 11.6 Å². The third-order valence-corrected chi connectivity index (χ3v) is 3.30. The lowest BCUT2D eigenvalue weighted by molar-refractivity contribution is -0.116. The Labute approximate surface area is 128 Å². The van der Waals surface area contributed by atoms with Crippen LogP contribution in [0.3, 0.4) is 0 Å². The summed E-state index contributed by atoms with van der Waals surface area (Å²) in [4.78, 5) is 12.1. The minimum atomic E-state index is -0.451. The Bertz CT molecular complexity index is 660. The van der Waals surface area contributed by atoms with Gasteiger partial charge in [-0.2, -0.15) is 0 Å². The van der Waals surface area contributed by atoms with Gasteiger partial charge in [-0.25, -0.2) is 4.39 Å². The molecule has 0 bridgehead atoms. The van der Waals surface area contributed by atoms with E-state index >= 15 is 0 Å². The van der Waals surface area contributed by atoms with Crippen LogP contribution in [0.4, 0.5) is 15.8 Å². The first-order valence-corrected chi connectivity index (χ1v) is 6.92. The van der Waals surface area contributed by atoms with E-state index in [1.807, 2.05) is 31.2 Å². The summed E-state index contributed by atoms with van der Waals surface area (Å²) in [6, 6.07) is 11.1. The second-order valence-corrected chi connectivity index (χ2v) is 5.26. The summed E-state index contributed by atoms with van der Waals surface area (Å²) in [6.45, 7) is 3.73. The van der Waals surface area contributed by atoms with E-state index in [1.54, 1.807) is 6.92 Å². The lowest BCUT2D eigenvalue weighted by Gasteiger charge is -2.16. The van der Waals surface area contributed by atoms with Crippen LogP contribution in [-0.4, -0.2) is 11.9 Å². The van der Waals surface area contributed by atoms with Crippen molar-refractivity contribution in [3.63, 3.8) is 0 Å². The van der Waals surface area contributed by atoms with E-state index in [0.717, 1.165) is 17.3 Å². The highest BCUT2D eigenvalue weighted by atomic mass is 35.5. The minimum absolute atomic E-state index is 0.172. The highest BCUT2D eigenvalue weighted by Gasteiger charge is 2.14. The van der Waals surface area contributed by atoms with Crippen molar-refractivity contribution < 1.29 is 9.18 Å². The topological polar surface area (TPSA) is 41.1 Å². The zero-order valence-electron chi connectivity index (χ0n) is 11.8. The van der Waals surface area contributed by atoms with Gasteiger partial charge in [0, 0.05) is 5.69 Å². The van der Waals surface area contributed by atoms with Gasteiger partial charge in [0.1, 0.15) is 11.9 Å². The van der Waals surface area contributed by atoms with Crippen LogP contribution < -0.4 is 10.6 Å². The van der Waals surface area contributed by atoms with Crippen LogP contribution in [-0.2, 0) is 4.79 Å². The van der Waals surface area contributed by atoms with Crippen molar-refractivity contribution in [2.75, 3.05) is 10.6 Å². The standard InChI is InChI=1S/C16H16ClFN2O/c1-10-4-3-5-13(8-10)19-11(2)16(21)20-15-7-6-12(18)9-14(15)17/h3-9,11,19H,1-2H3,(H,20,21). The zero-order chi connectivity index (χ0) is 15.4. The van der Waals surface area contributed by atoms with Gasteiger partial charge in [0.2, 0.25) is 5.91 Å². The molecule has 2 rings (SSSR count). The van der Waals surface area contributed by atoms with Gasteiger partial charge in [0.15, 0.2) is 0 Å². The molecule has 0 radical (unpaired) electrons. The van der Waals surface area contributed by atoms with Gasteiger partial charge in [-0.1, -0.05) is 23.7 Å². The number of halogens is 2. The van der Waals surface area contributed by atoms with Crippen molar-refractivity contribution in [3.8, 4) is 0 Å². The molecule has 0 aliphatic rings. The molecule has 2 aromatic carbocycles. The van der Waals surface area contributed by atoms with E-state index < -0.39 is 11.9 Å². The van der Waals surface area contributed by atoms with Gasteiger partial charge < -0.3 is 10.6 Å². The number of amides is 1. The van der Waals surface area contributed by atoms with E-state index in [0.29, 0.717) is 5.69 Å². The fraction of sp³-hybridized carbons (Fsp3) is 0.188. The zero-order valence-corrected chi connectivity index (χ0v) is 12.5. The fourth-order valence-corrected chi connectivity index (χ4v) is 2.10. The van der Waals surface area contributed by atoms with Gasteiger partial charge in [0.25, 0.3) is 0 Å². The van der Waals surface area contributed by atoms with E-state index in [1.165, 1.54) is 12.1 Å². The Morgan fingerprint density at radius 3 is 2.67 bits per heavy atom. The molecule has 0 spiro atoms. The third kappa shape index (κ3) is 4.20. The first kappa shape index (κ1) is 15.3. The molecule has 5 heteroatoms. The number of rotatable bonds is 4. The second kappa shape index (κ2) is 6.59. The summed E-state index contributed by atoms with van der Waals surface area (Å²) in [5.41, 5.74) is 2.36. The van der Waals surface area contributed by atoms with Crippen LogP contribution in [0.25, 0.3) is 0 Å². The molecule has 2 N–H and O–H groups in total. The molecular formula is C16H16ClFN2O. The molecule has 0 aliphatic carbocycles. The molecule has 1 unspecified atom stereocenters. The minimum Gasteiger partial charge on any atom is -0.374 e. The predicted molar refractivity (Wildman–Crippen MR) is 84.3 cm³/mol. The van der Waals surface area contributed by atoms with Crippen LogP contribution in [0.1, 0.15) is 12.5 Å². The number of carbonyl (C=O) groups is 1. The quantitative estimate of drug-likeness (QED) is 0.887. The lowest BCUT2D eigenvalue weighted by atomic mass is 10.2. The van der Waals surface area contributed by atoms with Crippen LogP contribution in [0.2, 0.25) is 5.02 Å². The number of benzene rings is 2. The fourth-order valence-electron chi connectivity index (χ4n) is 1.88. The maximum absolute atomic E-state index is 13.0. The summed E-state index contributed by atoms with van der Waals surface area (Å²) in [6.07, 6.45) is 0. The van der Waals surface area contributed by atoms with E-state index in [9.17, 15) is 9.18 Å². The molecule has 1 atom stereocenters. The molecule has 0 saturated heterocycles. The average molecular weight is 307 g/mol. The molecule has 0 saturated carbocycles. The SMILES string of the molecule is Cc1cccc(NC(C)C(=O)Nc2ccc(F)cc2Cl)c1. The van der Waals surface area contributed by atoms with Gasteiger partial charge in [-0.15, -0.1) is 0 Å². The third-order valence-electron chi connectivity index (χ3n) is 2.98. The number of nitrogens with one attached hydrogen (secondary N) is 2. The van der Waals surface area contributed by atoms with Gasteiger partial charge in [-0.3, -0.25) is 4.79 Å². The number of carbonyl (C=O) groups excluding carboxylic acids is 1. The largest absolute Gasteiger partial charge is 0.374 e. The molecule has 1 amide bonds. The maximum atomic E-state index is 13.0. The number of hydrogen-bond donors (Lipinski definition) is 2. The molecule has 21 heavy (non-hydrogen) atoms. The maximum Gasteiger partial charge on any atom is 0.246 e. The molecular weight excluding hydrogens is 291 g/mol. The Morgan fingerprint density at radius 2 is 2.00 bits per heavy atom. The summed E-state index contributed by atoms with van der Waals surface area (Å²) in [5.74, 6) is -0.686. The van der Waals surface area contributed by atoms with Gasteiger partial charge >= 0.3 is 0 Å². The van der Waals surface area contributed by atoms with Crippen molar-refractivity contribution in [1.29, 1.82) is 0 Å². The molecule has 0 heterocycles. The highest BCUT2D eigenvalue weighted by molar-refractivity contribution is 6.33. The van der Waals surface area contributed by atoms with Crippen molar-refractivity contribution in [1.82, 2.24) is 0 Å². The average Bonchev–Trinajstić information content (AvgIpc) is 2.41. The smallest absolute Gasteiger partial charge is 0.246 e. The summed E-state index contributed by atoms with van der Waals surface area (Å²) in [7, 11) is 0. The summed E-state index contributed by atoms with van der Waals surface area (Å²) < 4.78 is 13.0. The Balaban J connectivity index is 2.02. The monoisotopic (exact) mass is 306 g/mol. The Hall–Kier alpha value is -2.07. The van der Waals surface area contributed by atoms with Crippen molar-refractivity contribution in [2.45, 2.75) is 19.9 Å².